The molecule has 2 N–H and O–H groups in total. The van der Waals surface area contributed by atoms with Gasteiger partial charge in [-0.25, -0.2) is 0 Å². The van der Waals surface area contributed by atoms with E-state index < -0.39 is 7.12 Å². The van der Waals surface area contributed by atoms with Crippen LogP contribution >= 0.6 is 0 Å². The Kier molecular flexibility index (Phi) is 5.51. The largest absolute Gasteiger partial charge is 0.481 e. The molecule has 4 aliphatic carbocycles. The minimum Gasteiger partial charge on any atom is -0.404 e. The van der Waals surface area contributed by atoms with Crippen molar-refractivity contribution in [2.45, 2.75) is 83.9 Å². The number of carbonyl (C=O) groups is 2. The Hall–Kier alpha value is -1.08. The number of amides is 2. The molecule has 0 aromatic rings. The van der Waals surface area contributed by atoms with Gasteiger partial charge in [-0.2, -0.15) is 0 Å². The molecule has 6 atom stereocenters. The second kappa shape index (κ2) is 7.64. The SMILES string of the molecule is CC(C)C[C@H](NC(=O)CNC(=O)C1CCC1)B1O[C@@H]2C[C@@H]3C[C@@H]([C@@H]3C)[C@]2(C)O1. The van der Waals surface area contributed by atoms with Gasteiger partial charge >= 0.3 is 7.12 Å². The van der Waals surface area contributed by atoms with E-state index in [-0.39, 0.29) is 41.9 Å². The van der Waals surface area contributed by atoms with Crippen LogP contribution in [0.15, 0.2) is 0 Å². The first kappa shape index (κ1) is 20.2. The zero-order valence-electron chi connectivity index (χ0n) is 17.7. The second-order valence-corrected chi connectivity index (χ2v) is 10.1. The summed E-state index contributed by atoms with van der Waals surface area (Å²) in [6, 6.07) is 0. The third-order valence-electron chi connectivity index (χ3n) is 7.80. The lowest BCUT2D eigenvalue weighted by molar-refractivity contribution is -0.152. The Morgan fingerprint density at radius 1 is 1.25 bits per heavy atom. The molecule has 0 radical (unpaired) electrons. The van der Waals surface area contributed by atoms with Crippen LogP contribution in [0.1, 0.15) is 66.2 Å². The summed E-state index contributed by atoms with van der Waals surface area (Å²) in [5.41, 5.74) is -0.239. The molecule has 6 nitrogen and oxygen atoms in total. The van der Waals surface area contributed by atoms with E-state index in [0.29, 0.717) is 17.8 Å². The fourth-order valence-corrected chi connectivity index (χ4v) is 5.66. The summed E-state index contributed by atoms with van der Waals surface area (Å²) in [4.78, 5) is 24.5. The molecule has 1 aliphatic heterocycles. The van der Waals surface area contributed by atoms with Crippen LogP contribution in [-0.2, 0) is 18.9 Å². The fourth-order valence-electron chi connectivity index (χ4n) is 5.66. The molecule has 7 heteroatoms. The Bertz CT molecular complexity index is 626. The van der Waals surface area contributed by atoms with Crippen LogP contribution in [0.25, 0.3) is 0 Å². The van der Waals surface area contributed by atoms with Gasteiger partial charge in [-0.15, -0.1) is 0 Å². The molecule has 5 fully saturated rings. The van der Waals surface area contributed by atoms with E-state index in [9.17, 15) is 9.59 Å². The molecule has 2 bridgehead atoms. The minimum atomic E-state index is -0.407. The maximum Gasteiger partial charge on any atom is 0.481 e. The van der Waals surface area contributed by atoms with Gasteiger partial charge in [0.15, 0.2) is 0 Å². The van der Waals surface area contributed by atoms with Gasteiger partial charge in [-0.1, -0.05) is 27.2 Å². The smallest absolute Gasteiger partial charge is 0.404 e. The Balaban J connectivity index is 1.35. The van der Waals surface area contributed by atoms with Crippen molar-refractivity contribution in [3.8, 4) is 0 Å². The molecule has 5 aliphatic rings. The van der Waals surface area contributed by atoms with E-state index in [4.69, 9.17) is 9.31 Å². The Morgan fingerprint density at radius 2 is 2.00 bits per heavy atom. The molecule has 0 aromatic carbocycles. The highest BCUT2D eigenvalue weighted by atomic mass is 16.7. The van der Waals surface area contributed by atoms with E-state index in [0.717, 1.165) is 38.0 Å². The maximum absolute atomic E-state index is 12.5. The lowest BCUT2D eigenvalue weighted by Crippen LogP contribution is -2.60. The molecule has 156 valence electrons. The molecule has 28 heavy (non-hydrogen) atoms. The molecule has 4 saturated carbocycles. The van der Waals surface area contributed by atoms with Gasteiger partial charge in [0.1, 0.15) is 0 Å². The van der Waals surface area contributed by atoms with Gasteiger partial charge in [0.05, 0.1) is 24.2 Å². The standard InChI is InChI=1S/C21H35BN2O4/c1-12(2)8-18(24-19(25)11-23-20(26)14-6-5-7-14)22-27-17-10-15-9-16(13(15)3)21(17,4)28-22/h12-18H,5-11H2,1-4H3,(H,23,26)(H,24,25)/t13-,15+,16+,17-,18+,21+/m1/s1. The third-order valence-corrected chi connectivity index (χ3v) is 7.80. The van der Waals surface area contributed by atoms with Gasteiger partial charge in [0, 0.05) is 5.92 Å². The third kappa shape index (κ3) is 3.60. The fraction of sp³-hybridized carbons (Fsp3) is 0.905. The highest BCUT2D eigenvalue weighted by Gasteiger charge is 2.64. The number of nitrogens with one attached hydrogen (secondary N) is 2. The number of hydrogen-bond donors (Lipinski definition) is 2. The van der Waals surface area contributed by atoms with E-state index in [1.54, 1.807) is 0 Å². The first-order chi connectivity index (χ1) is 13.3. The molecule has 1 saturated heterocycles. The maximum atomic E-state index is 12.5. The topological polar surface area (TPSA) is 76.7 Å². The molecule has 0 spiro atoms. The van der Waals surface area contributed by atoms with Crippen LogP contribution in [0, 0.1) is 29.6 Å². The summed E-state index contributed by atoms with van der Waals surface area (Å²) >= 11 is 0. The zero-order valence-corrected chi connectivity index (χ0v) is 17.7. The molecular weight excluding hydrogens is 355 g/mol. The van der Waals surface area contributed by atoms with Crippen LogP contribution in [0.2, 0.25) is 0 Å². The first-order valence-corrected chi connectivity index (χ1v) is 11.2. The van der Waals surface area contributed by atoms with Crippen molar-refractivity contribution in [1.29, 1.82) is 0 Å². The first-order valence-electron chi connectivity index (χ1n) is 11.2. The summed E-state index contributed by atoms with van der Waals surface area (Å²) in [6.45, 7) is 8.83. The van der Waals surface area contributed by atoms with E-state index in [2.05, 4.69) is 38.3 Å². The summed E-state index contributed by atoms with van der Waals surface area (Å²) < 4.78 is 12.9. The summed E-state index contributed by atoms with van der Waals surface area (Å²) in [7, 11) is -0.407. The Morgan fingerprint density at radius 3 is 2.61 bits per heavy atom. The molecule has 1 heterocycles. The van der Waals surface area contributed by atoms with Crippen LogP contribution < -0.4 is 10.6 Å². The average molecular weight is 390 g/mol. The van der Waals surface area contributed by atoms with Crippen LogP contribution in [0.3, 0.4) is 0 Å². The van der Waals surface area contributed by atoms with E-state index in [1.165, 1.54) is 6.42 Å². The van der Waals surface area contributed by atoms with E-state index >= 15 is 0 Å². The molecule has 2 amide bonds. The van der Waals surface area contributed by atoms with E-state index in [1.807, 2.05) is 0 Å². The highest BCUT2D eigenvalue weighted by Crippen LogP contribution is 2.59. The van der Waals surface area contributed by atoms with Gasteiger partial charge in [0.25, 0.3) is 0 Å². The zero-order chi connectivity index (χ0) is 20.1. The van der Waals surface area contributed by atoms with Gasteiger partial charge < -0.3 is 19.9 Å². The predicted octanol–water partition coefficient (Wildman–Crippen LogP) is 2.31. The van der Waals surface area contributed by atoms with Crippen molar-refractivity contribution in [3.63, 3.8) is 0 Å². The Labute approximate surface area is 169 Å². The lowest BCUT2D eigenvalue weighted by Gasteiger charge is -2.58. The molecule has 0 unspecified atom stereocenters. The summed E-state index contributed by atoms with van der Waals surface area (Å²) in [5, 5.41) is 5.86. The molecular formula is C21H35BN2O4. The van der Waals surface area contributed by atoms with Crippen LogP contribution in [-0.4, -0.2) is 43.1 Å². The summed E-state index contributed by atoms with van der Waals surface area (Å²) in [5.74, 6) is 2.16. The highest BCUT2D eigenvalue weighted by molar-refractivity contribution is 6.47. The van der Waals surface area contributed by atoms with Crippen molar-refractivity contribution in [2.24, 2.45) is 29.6 Å². The van der Waals surface area contributed by atoms with Crippen molar-refractivity contribution >= 4 is 18.9 Å². The van der Waals surface area contributed by atoms with Gasteiger partial charge in [0.2, 0.25) is 11.8 Å². The summed E-state index contributed by atoms with van der Waals surface area (Å²) in [6.07, 6.45) is 6.20. The van der Waals surface area contributed by atoms with Crippen LogP contribution in [0.5, 0.6) is 0 Å². The second-order valence-electron chi connectivity index (χ2n) is 10.1. The van der Waals surface area contributed by atoms with Crippen LogP contribution in [0.4, 0.5) is 0 Å². The monoisotopic (exact) mass is 390 g/mol. The van der Waals surface area contributed by atoms with Crippen molar-refractivity contribution in [2.75, 3.05) is 6.54 Å². The van der Waals surface area contributed by atoms with Gasteiger partial charge in [-0.3, -0.25) is 9.59 Å². The lowest BCUT2D eigenvalue weighted by atomic mass is 9.51. The molecule has 0 aromatic heterocycles. The normalized spacial score (nSPS) is 37.7. The average Bonchev–Trinajstić information content (AvgIpc) is 2.94. The molecule has 5 rings (SSSR count). The number of rotatable bonds is 7. The van der Waals surface area contributed by atoms with Gasteiger partial charge in [-0.05, 0) is 62.7 Å². The number of hydrogen-bond acceptors (Lipinski definition) is 4. The minimum absolute atomic E-state index is 0.00229. The van der Waals surface area contributed by atoms with Crippen molar-refractivity contribution in [1.82, 2.24) is 10.6 Å². The quantitative estimate of drug-likeness (QED) is 0.654. The number of carbonyl (C=O) groups excluding carboxylic acids is 2. The predicted molar refractivity (Wildman–Crippen MR) is 107 cm³/mol. The van der Waals surface area contributed by atoms with Crippen molar-refractivity contribution in [3.05, 3.63) is 0 Å². The van der Waals surface area contributed by atoms with Crippen molar-refractivity contribution < 1.29 is 18.9 Å².